The van der Waals surface area contributed by atoms with Crippen molar-refractivity contribution in [1.29, 1.82) is 0 Å². The van der Waals surface area contributed by atoms with Crippen molar-refractivity contribution in [2.45, 2.75) is 6.61 Å². The van der Waals surface area contributed by atoms with Crippen LogP contribution in [0.4, 0.5) is 0 Å². The molecule has 94 valence electrons. The van der Waals surface area contributed by atoms with Crippen LogP contribution in [0, 0.1) is 0 Å². The van der Waals surface area contributed by atoms with Gasteiger partial charge in [0.05, 0.1) is 13.2 Å². The molecule has 4 nitrogen and oxygen atoms in total. The average molecular weight is 258 g/mol. The summed E-state index contributed by atoms with van der Waals surface area (Å²) in [6, 6.07) is 7.19. The molecular weight excluding hydrogens is 242 g/mol. The van der Waals surface area contributed by atoms with Gasteiger partial charge >= 0.3 is 5.97 Å². The number of carbonyl (C=O) groups is 1. The topological polar surface area (TPSA) is 47.6 Å². The van der Waals surface area contributed by atoms with E-state index < -0.39 is 0 Å². The summed E-state index contributed by atoms with van der Waals surface area (Å²) in [7, 11) is 1.61. The van der Waals surface area contributed by atoms with Crippen molar-refractivity contribution in [1.82, 2.24) is 5.32 Å². The maximum Gasteiger partial charge on any atom is 0.320 e. The lowest BCUT2D eigenvalue weighted by atomic mass is 10.2. The Bertz CT molecular complexity index is 340. The Kier molecular flexibility index (Phi) is 6.62. The Morgan fingerprint density at radius 1 is 1.35 bits per heavy atom. The zero-order chi connectivity index (χ0) is 12.5. The number of esters is 1. The first-order valence-electron chi connectivity index (χ1n) is 5.32. The molecule has 0 radical (unpaired) electrons. The molecule has 0 amide bonds. The van der Waals surface area contributed by atoms with E-state index in [4.69, 9.17) is 21.1 Å². The van der Waals surface area contributed by atoms with Gasteiger partial charge in [-0.1, -0.05) is 23.7 Å². The number of hydrogen-bond acceptors (Lipinski definition) is 4. The van der Waals surface area contributed by atoms with E-state index in [2.05, 4.69) is 5.32 Å². The molecule has 0 spiro atoms. The van der Waals surface area contributed by atoms with Crippen molar-refractivity contribution < 1.29 is 14.3 Å². The minimum Gasteiger partial charge on any atom is -0.460 e. The third kappa shape index (κ3) is 6.26. The van der Waals surface area contributed by atoms with E-state index in [0.29, 0.717) is 18.2 Å². The van der Waals surface area contributed by atoms with Crippen LogP contribution in [0.1, 0.15) is 5.56 Å². The molecule has 0 saturated carbocycles. The lowest BCUT2D eigenvalue weighted by molar-refractivity contribution is -0.143. The lowest BCUT2D eigenvalue weighted by Crippen LogP contribution is -2.27. The summed E-state index contributed by atoms with van der Waals surface area (Å²) in [6.45, 7) is 1.66. The number of carbonyl (C=O) groups excluding carboxylic acids is 1. The SMILES string of the molecule is COCCNCC(=O)OCc1ccc(Cl)cc1. The molecule has 0 aliphatic heterocycles. The molecule has 0 aromatic heterocycles. The lowest BCUT2D eigenvalue weighted by Gasteiger charge is -2.06. The van der Waals surface area contributed by atoms with Gasteiger partial charge in [-0.15, -0.1) is 0 Å². The summed E-state index contributed by atoms with van der Waals surface area (Å²) in [6.07, 6.45) is 0. The third-order valence-corrected chi connectivity index (χ3v) is 2.32. The predicted octanol–water partition coefficient (Wildman–Crippen LogP) is 1.62. The Labute approximate surface area is 106 Å². The molecule has 0 aliphatic rings. The van der Waals surface area contributed by atoms with Crippen LogP contribution in [0.2, 0.25) is 5.02 Å². The van der Waals surface area contributed by atoms with Crippen LogP contribution in [0.15, 0.2) is 24.3 Å². The summed E-state index contributed by atoms with van der Waals surface area (Å²) < 4.78 is 9.90. The van der Waals surface area contributed by atoms with Crippen molar-refractivity contribution in [3.05, 3.63) is 34.9 Å². The maximum atomic E-state index is 11.3. The standard InChI is InChI=1S/C12H16ClNO3/c1-16-7-6-14-8-12(15)17-9-10-2-4-11(13)5-3-10/h2-5,14H,6-9H2,1H3. The van der Waals surface area contributed by atoms with E-state index in [-0.39, 0.29) is 19.1 Å². The first kappa shape index (κ1) is 14.0. The zero-order valence-corrected chi connectivity index (χ0v) is 10.5. The Balaban J connectivity index is 2.17. The van der Waals surface area contributed by atoms with Gasteiger partial charge in [-0.3, -0.25) is 4.79 Å². The fourth-order valence-electron chi connectivity index (χ4n) is 1.16. The van der Waals surface area contributed by atoms with Crippen LogP contribution in [0.25, 0.3) is 0 Å². The van der Waals surface area contributed by atoms with Crippen molar-refractivity contribution >= 4 is 17.6 Å². The minimum absolute atomic E-state index is 0.191. The van der Waals surface area contributed by atoms with Crippen LogP contribution in [0.3, 0.4) is 0 Å². The third-order valence-electron chi connectivity index (χ3n) is 2.07. The van der Waals surface area contributed by atoms with Crippen LogP contribution in [0.5, 0.6) is 0 Å². The van der Waals surface area contributed by atoms with E-state index >= 15 is 0 Å². The van der Waals surface area contributed by atoms with E-state index in [0.717, 1.165) is 5.56 Å². The number of benzene rings is 1. The van der Waals surface area contributed by atoms with Crippen molar-refractivity contribution in [3.63, 3.8) is 0 Å². The molecule has 1 rings (SSSR count). The largest absolute Gasteiger partial charge is 0.460 e. The van der Waals surface area contributed by atoms with Gasteiger partial charge < -0.3 is 14.8 Å². The molecule has 5 heteroatoms. The monoisotopic (exact) mass is 257 g/mol. The molecule has 0 aliphatic carbocycles. The van der Waals surface area contributed by atoms with Gasteiger partial charge in [0.25, 0.3) is 0 Å². The highest BCUT2D eigenvalue weighted by atomic mass is 35.5. The molecule has 0 fully saturated rings. The number of ether oxygens (including phenoxy) is 2. The molecule has 0 saturated heterocycles. The number of rotatable bonds is 7. The van der Waals surface area contributed by atoms with Crippen LogP contribution < -0.4 is 5.32 Å². The minimum atomic E-state index is -0.281. The fourth-order valence-corrected chi connectivity index (χ4v) is 1.29. The summed E-state index contributed by atoms with van der Waals surface area (Å²) in [5.74, 6) is -0.281. The molecule has 17 heavy (non-hydrogen) atoms. The summed E-state index contributed by atoms with van der Waals surface area (Å²) >= 11 is 5.74. The van der Waals surface area contributed by atoms with Gasteiger partial charge in [0, 0.05) is 18.7 Å². The van der Waals surface area contributed by atoms with Gasteiger partial charge in [0.1, 0.15) is 6.61 Å². The molecule has 1 aromatic carbocycles. The second kappa shape index (κ2) is 8.06. The van der Waals surface area contributed by atoms with E-state index in [1.165, 1.54) is 0 Å². The first-order valence-corrected chi connectivity index (χ1v) is 5.70. The van der Waals surface area contributed by atoms with Gasteiger partial charge in [-0.05, 0) is 17.7 Å². The number of hydrogen-bond donors (Lipinski definition) is 1. The number of halogens is 1. The van der Waals surface area contributed by atoms with Crippen LogP contribution >= 0.6 is 11.6 Å². The smallest absolute Gasteiger partial charge is 0.320 e. The second-order valence-electron chi connectivity index (χ2n) is 3.46. The predicted molar refractivity (Wildman–Crippen MR) is 66.0 cm³/mol. The zero-order valence-electron chi connectivity index (χ0n) is 9.74. The Morgan fingerprint density at radius 3 is 2.71 bits per heavy atom. The highest BCUT2D eigenvalue weighted by Crippen LogP contribution is 2.10. The molecular formula is C12H16ClNO3. The molecule has 0 unspecified atom stereocenters. The van der Waals surface area contributed by atoms with Gasteiger partial charge in [-0.25, -0.2) is 0 Å². The second-order valence-corrected chi connectivity index (χ2v) is 3.89. The highest BCUT2D eigenvalue weighted by Gasteiger charge is 2.02. The fraction of sp³-hybridized carbons (Fsp3) is 0.417. The summed E-state index contributed by atoms with van der Waals surface area (Å²) in [4.78, 5) is 11.3. The summed E-state index contributed by atoms with van der Waals surface area (Å²) in [5, 5.41) is 3.58. The molecule has 0 atom stereocenters. The van der Waals surface area contributed by atoms with Gasteiger partial charge in [0.2, 0.25) is 0 Å². The molecule has 1 N–H and O–H groups in total. The Hall–Kier alpha value is -1.10. The van der Waals surface area contributed by atoms with Crippen LogP contribution in [-0.2, 0) is 20.9 Å². The van der Waals surface area contributed by atoms with Crippen molar-refractivity contribution in [3.8, 4) is 0 Å². The van der Waals surface area contributed by atoms with E-state index in [1.54, 1.807) is 19.2 Å². The van der Waals surface area contributed by atoms with Gasteiger partial charge in [-0.2, -0.15) is 0 Å². The average Bonchev–Trinajstić information content (AvgIpc) is 2.34. The Morgan fingerprint density at radius 2 is 2.06 bits per heavy atom. The van der Waals surface area contributed by atoms with Crippen molar-refractivity contribution in [2.24, 2.45) is 0 Å². The maximum absolute atomic E-state index is 11.3. The quantitative estimate of drug-likeness (QED) is 0.596. The molecule has 0 heterocycles. The number of methoxy groups -OCH3 is 1. The van der Waals surface area contributed by atoms with E-state index in [9.17, 15) is 4.79 Å². The molecule has 0 bridgehead atoms. The summed E-state index contributed by atoms with van der Waals surface area (Å²) in [5.41, 5.74) is 0.916. The van der Waals surface area contributed by atoms with Crippen molar-refractivity contribution in [2.75, 3.05) is 26.8 Å². The van der Waals surface area contributed by atoms with E-state index in [1.807, 2.05) is 12.1 Å². The van der Waals surface area contributed by atoms with Crippen LogP contribution in [-0.4, -0.2) is 32.8 Å². The number of nitrogens with one attached hydrogen (secondary N) is 1. The molecule has 1 aromatic rings. The first-order chi connectivity index (χ1) is 8.22. The normalized spacial score (nSPS) is 10.2. The highest BCUT2D eigenvalue weighted by molar-refractivity contribution is 6.30. The van der Waals surface area contributed by atoms with Gasteiger partial charge in [0.15, 0.2) is 0 Å².